The smallest absolute Gasteiger partial charge is 0.231 e. The van der Waals surface area contributed by atoms with Crippen LogP contribution in [0.15, 0.2) is 60.7 Å². The summed E-state index contributed by atoms with van der Waals surface area (Å²) in [4.78, 5) is 0. The first-order valence-corrected chi connectivity index (χ1v) is 17.4. The van der Waals surface area contributed by atoms with Gasteiger partial charge in [0.15, 0.2) is 37.4 Å². The zero-order valence-corrected chi connectivity index (χ0v) is 28.0. The average Bonchev–Trinajstić information content (AvgIpc) is 3.10. The molecule has 0 spiro atoms. The summed E-state index contributed by atoms with van der Waals surface area (Å²) in [6.07, 6.45) is -10.2. The van der Waals surface area contributed by atoms with E-state index in [0.29, 0.717) is 0 Å². The summed E-state index contributed by atoms with van der Waals surface area (Å²) in [5.41, 5.74) is 1.63. The Morgan fingerprint density at radius 3 is 1.41 bits per heavy atom. The first kappa shape index (κ1) is 34.4. The monoisotopic (exact) mass is 714 g/mol. The van der Waals surface area contributed by atoms with Crippen LogP contribution in [0.3, 0.4) is 0 Å². The Morgan fingerprint density at radius 1 is 0.652 bits per heavy atom. The van der Waals surface area contributed by atoms with Gasteiger partial charge in [-0.05, 0) is 24.4 Å². The number of methoxy groups -OCH3 is 2. The summed E-state index contributed by atoms with van der Waals surface area (Å²) in [5.74, 6) is 0. The fourth-order valence-electron chi connectivity index (χ4n) is 5.65. The van der Waals surface area contributed by atoms with E-state index in [-0.39, 0.29) is 22.0 Å². The van der Waals surface area contributed by atoms with Crippen LogP contribution in [-0.4, -0.2) is 108 Å². The molecule has 4 heterocycles. The van der Waals surface area contributed by atoms with Crippen molar-refractivity contribution in [2.24, 2.45) is 0 Å². The molecule has 12 atom stereocenters. The maximum Gasteiger partial charge on any atom is 0.231 e. The van der Waals surface area contributed by atoms with Crippen molar-refractivity contribution in [1.82, 2.24) is 0 Å². The van der Waals surface area contributed by atoms with Crippen molar-refractivity contribution in [3.05, 3.63) is 71.8 Å². The lowest BCUT2D eigenvalue weighted by Crippen LogP contribution is -2.63. The van der Waals surface area contributed by atoms with E-state index in [2.05, 4.69) is 0 Å². The number of hydrogen-bond donors (Lipinski definition) is 2. The Kier molecular flexibility index (Phi) is 11.8. The van der Waals surface area contributed by atoms with Gasteiger partial charge in [0.1, 0.15) is 36.6 Å². The highest BCUT2D eigenvalue weighted by Crippen LogP contribution is 2.39. The van der Waals surface area contributed by atoms with E-state index in [1.165, 1.54) is 14.2 Å². The standard InChI is InChI=1S/C30H34O12S4/c1-33-27-23(19(31)21-17(37-27)13-35-25(39-21)15-9-5-3-6-10-15)41-29(43)45-46-30(44)42-24-20(32)22-18(38-28(24)34-2)14-36-26(40-22)16-11-7-4-8-12-16/h3-12,17-28,31-32H,13-14H2,1-2H3/t17-,18-,19+,20+,21-,22-,23-,24-,25?,26?,27+,28+/m1/s1. The first-order valence-electron chi connectivity index (χ1n) is 14.5. The van der Waals surface area contributed by atoms with E-state index in [0.717, 1.165) is 32.7 Å². The normalized spacial score (nSPS) is 37.4. The maximum atomic E-state index is 11.3. The van der Waals surface area contributed by atoms with Gasteiger partial charge in [0.05, 0.1) is 13.2 Å². The van der Waals surface area contributed by atoms with Crippen LogP contribution in [0.4, 0.5) is 0 Å². The van der Waals surface area contributed by atoms with Crippen molar-refractivity contribution in [1.29, 1.82) is 0 Å². The van der Waals surface area contributed by atoms with Crippen LogP contribution in [-0.2, 0) is 47.4 Å². The summed E-state index contributed by atoms with van der Waals surface area (Å²) >= 11 is 10.9. The second-order valence-corrected chi connectivity index (χ2v) is 14.1. The lowest BCUT2D eigenvalue weighted by atomic mass is 9.97. The third-order valence-corrected chi connectivity index (χ3v) is 10.9. The number of fused-ring (bicyclic) bond motifs is 2. The molecule has 0 aromatic heterocycles. The molecule has 2 aromatic carbocycles. The van der Waals surface area contributed by atoms with Crippen LogP contribution < -0.4 is 0 Å². The van der Waals surface area contributed by atoms with Gasteiger partial charge in [0.2, 0.25) is 8.77 Å². The van der Waals surface area contributed by atoms with Gasteiger partial charge in [0.25, 0.3) is 0 Å². The molecule has 4 fully saturated rings. The maximum absolute atomic E-state index is 11.3. The SMILES string of the molecule is CO[C@H]1O[C@@H]2COC(c3ccccc3)O[C@H]2[C@H](O)[C@H]1OC(=S)SSC(=S)O[C@H]1[C@@H](OC)O[C@@H]2COC(c3ccccc3)O[C@H]2[C@@H]1O. The molecular weight excluding hydrogens is 681 g/mol. The molecule has 4 aliphatic rings. The molecule has 250 valence electrons. The predicted molar refractivity (Wildman–Crippen MR) is 173 cm³/mol. The number of thiocarbonyl (C=S) groups is 2. The van der Waals surface area contributed by atoms with Crippen molar-refractivity contribution < 1.29 is 57.6 Å². The van der Waals surface area contributed by atoms with Crippen molar-refractivity contribution in [3.63, 3.8) is 0 Å². The van der Waals surface area contributed by atoms with Crippen molar-refractivity contribution >= 4 is 54.8 Å². The van der Waals surface area contributed by atoms with Gasteiger partial charge in [-0.2, -0.15) is 0 Å². The number of aliphatic hydroxyl groups excluding tert-OH is 2. The molecule has 2 aromatic rings. The number of hydrogen-bond acceptors (Lipinski definition) is 16. The van der Waals surface area contributed by atoms with Gasteiger partial charge >= 0.3 is 0 Å². The predicted octanol–water partition coefficient (Wildman–Crippen LogP) is 3.40. The summed E-state index contributed by atoms with van der Waals surface area (Å²) in [6, 6.07) is 18.8. The van der Waals surface area contributed by atoms with E-state index < -0.39 is 74.0 Å². The van der Waals surface area contributed by atoms with Crippen LogP contribution >= 0.6 is 46.0 Å². The molecule has 46 heavy (non-hydrogen) atoms. The minimum Gasteiger partial charge on any atom is -0.466 e. The highest BCUT2D eigenvalue weighted by Gasteiger charge is 2.52. The molecule has 0 bridgehead atoms. The Morgan fingerprint density at radius 2 is 1.04 bits per heavy atom. The fourth-order valence-corrected chi connectivity index (χ4v) is 7.57. The molecule has 0 amide bonds. The summed E-state index contributed by atoms with van der Waals surface area (Å²) < 4.78 is 58.7. The number of benzene rings is 2. The van der Waals surface area contributed by atoms with E-state index in [4.69, 9.17) is 71.8 Å². The largest absolute Gasteiger partial charge is 0.466 e. The Balaban J connectivity index is 1.03. The third-order valence-electron chi connectivity index (χ3n) is 7.87. The van der Waals surface area contributed by atoms with E-state index in [9.17, 15) is 10.2 Å². The second-order valence-electron chi connectivity index (χ2n) is 10.7. The van der Waals surface area contributed by atoms with Gasteiger partial charge < -0.3 is 57.6 Å². The number of ether oxygens (including phenoxy) is 10. The van der Waals surface area contributed by atoms with Crippen LogP contribution in [0, 0.1) is 0 Å². The van der Waals surface area contributed by atoms with Crippen LogP contribution in [0.25, 0.3) is 0 Å². The summed E-state index contributed by atoms with van der Waals surface area (Å²) in [7, 11) is 4.88. The molecule has 4 saturated heterocycles. The minimum absolute atomic E-state index is 0.0398. The third kappa shape index (κ3) is 7.71. The molecule has 6 rings (SSSR count). The Labute approximate surface area is 284 Å². The van der Waals surface area contributed by atoms with E-state index >= 15 is 0 Å². The van der Waals surface area contributed by atoms with Crippen molar-refractivity contribution in [3.8, 4) is 0 Å². The zero-order valence-electron chi connectivity index (χ0n) is 24.7. The molecule has 2 N–H and O–H groups in total. The number of rotatable bonds is 6. The molecule has 0 aliphatic carbocycles. The molecule has 0 saturated carbocycles. The first-order chi connectivity index (χ1) is 22.4. The Bertz CT molecular complexity index is 1210. The highest BCUT2D eigenvalue weighted by molar-refractivity contribution is 8.89. The minimum atomic E-state index is -1.14. The molecule has 16 heteroatoms. The topological polar surface area (TPSA) is 133 Å². The average molecular weight is 715 g/mol. The highest BCUT2D eigenvalue weighted by atomic mass is 33.1. The van der Waals surface area contributed by atoms with Crippen LogP contribution in [0.1, 0.15) is 23.7 Å². The molecule has 0 radical (unpaired) electrons. The lowest BCUT2D eigenvalue weighted by molar-refractivity contribution is -0.355. The number of aliphatic hydroxyl groups is 2. The van der Waals surface area contributed by atoms with Crippen molar-refractivity contribution in [2.75, 3.05) is 27.4 Å². The lowest BCUT2D eigenvalue weighted by Gasteiger charge is -2.47. The van der Waals surface area contributed by atoms with Gasteiger partial charge in [-0.25, -0.2) is 0 Å². The molecule has 4 aliphatic heterocycles. The van der Waals surface area contributed by atoms with Gasteiger partial charge in [-0.3, -0.25) is 0 Å². The molecular formula is C30H34O12S4. The summed E-state index contributed by atoms with van der Waals surface area (Å²) in [6.45, 7) is 0.389. The zero-order chi connectivity index (χ0) is 32.2. The van der Waals surface area contributed by atoms with Gasteiger partial charge in [0, 0.05) is 46.9 Å². The molecule has 2 unspecified atom stereocenters. The van der Waals surface area contributed by atoms with Crippen LogP contribution in [0.2, 0.25) is 0 Å². The van der Waals surface area contributed by atoms with Gasteiger partial charge in [-0.15, -0.1) is 0 Å². The van der Waals surface area contributed by atoms with E-state index in [1.807, 2.05) is 60.7 Å². The van der Waals surface area contributed by atoms with Crippen molar-refractivity contribution in [2.45, 2.75) is 74.0 Å². The van der Waals surface area contributed by atoms with Crippen LogP contribution in [0.5, 0.6) is 0 Å². The Hall–Kier alpha value is -1.48. The van der Waals surface area contributed by atoms with Gasteiger partial charge in [-0.1, -0.05) is 60.7 Å². The quantitative estimate of drug-likeness (QED) is 0.334. The fraction of sp³-hybridized carbons (Fsp3) is 0.533. The molecule has 12 nitrogen and oxygen atoms in total. The second kappa shape index (κ2) is 15.8. The van der Waals surface area contributed by atoms with E-state index in [1.54, 1.807) is 0 Å². The summed E-state index contributed by atoms with van der Waals surface area (Å²) in [5, 5.41) is 22.6.